The summed E-state index contributed by atoms with van der Waals surface area (Å²) in [6.45, 7) is 7.70. The van der Waals surface area contributed by atoms with Gasteiger partial charge in [0.2, 0.25) is 0 Å². The Morgan fingerprint density at radius 1 is 1.37 bits per heavy atom. The lowest BCUT2D eigenvalue weighted by Crippen LogP contribution is -2.50. The lowest BCUT2D eigenvalue weighted by molar-refractivity contribution is -0.150. The van der Waals surface area contributed by atoms with Gasteiger partial charge in [-0.3, -0.25) is 9.69 Å². The number of rotatable bonds is 5. The molecule has 0 amide bonds. The van der Waals surface area contributed by atoms with Gasteiger partial charge in [-0.1, -0.05) is 6.92 Å². The maximum atomic E-state index is 12.0. The monoisotopic (exact) mass is 268 g/mol. The zero-order valence-electron chi connectivity index (χ0n) is 12.4. The molecule has 2 heterocycles. The number of hydrogen-bond donors (Lipinski definition) is 1. The third kappa shape index (κ3) is 3.69. The van der Waals surface area contributed by atoms with Gasteiger partial charge in [0.05, 0.1) is 6.61 Å². The van der Waals surface area contributed by atoms with Crippen molar-refractivity contribution in [3.05, 3.63) is 0 Å². The van der Waals surface area contributed by atoms with E-state index in [4.69, 9.17) is 4.74 Å². The van der Waals surface area contributed by atoms with Crippen LogP contribution in [0.4, 0.5) is 0 Å². The standard InChI is InChI=1S/C15H28N2O2/c1-3-14(15(18)19-4-2)17-10-6-7-12(11-17)13-8-5-9-16-13/h12-14,16H,3-11H2,1-2H3. The molecule has 19 heavy (non-hydrogen) atoms. The second-order valence-corrected chi connectivity index (χ2v) is 5.78. The number of carbonyl (C=O) groups is 1. The van der Waals surface area contributed by atoms with Crippen molar-refractivity contribution in [3.8, 4) is 0 Å². The first-order valence-corrected chi connectivity index (χ1v) is 7.90. The van der Waals surface area contributed by atoms with Gasteiger partial charge in [-0.05, 0) is 58.0 Å². The number of nitrogens with one attached hydrogen (secondary N) is 1. The van der Waals surface area contributed by atoms with E-state index in [0.29, 0.717) is 18.6 Å². The van der Waals surface area contributed by atoms with E-state index < -0.39 is 0 Å². The molecule has 0 spiro atoms. The maximum absolute atomic E-state index is 12.0. The zero-order chi connectivity index (χ0) is 13.7. The fourth-order valence-electron chi connectivity index (χ4n) is 3.58. The Kier molecular flexibility index (Phi) is 5.64. The third-order valence-electron chi connectivity index (χ3n) is 4.54. The summed E-state index contributed by atoms with van der Waals surface area (Å²) in [7, 11) is 0. The van der Waals surface area contributed by atoms with Gasteiger partial charge in [-0.2, -0.15) is 0 Å². The van der Waals surface area contributed by atoms with E-state index >= 15 is 0 Å². The van der Waals surface area contributed by atoms with Crippen molar-refractivity contribution in [2.45, 2.75) is 58.0 Å². The van der Waals surface area contributed by atoms with Crippen molar-refractivity contribution in [1.29, 1.82) is 0 Å². The first kappa shape index (κ1) is 14.8. The number of esters is 1. The van der Waals surface area contributed by atoms with Gasteiger partial charge in [0.15, 0.2) is 0 Å². The summed E-state index contributed by atoms with van der Waals surface area (Å²) in [6, 6.07) is 0.631. The highest BCUT2D eigenvalue weighted by molar-refractivity contribution is 5.75. The molecular formula is C15H28N2O2. The Balaban J connectivity index is 1.92. The van der Waals surface area contributed by atoms with E-state index in [0.717, 1.165) is 26.1 Å². The van der Waals surface area contributed by atoms with Crippen molar-refractivity contribution < 1.29 is 9.53 Å². The smallest absolute Gasteiger partial charge is 0.323 e. The fraction of sp³-hybridized carbons (Fsp3) is 0.933. The molecule has 2 aliphatic rings. The Bertz CT molecular complexity index is 290. The average Bonchev–Trinajstić information content (AvgIpc) is 2.94. The summed E-state index contributed by atoms with van der Waals surface area (Å²) in [5, 5.41) is 3.62. The lowest BCUT2D eigenvalue weighted by Gasteiger charge is -2.39. The van der Waals surface area contributed by atoms with Crippen molar-refractivity contribution >= 4 is 5.97 Å². The zero-order valence-corrected chi connectivity index (χ0v) is 12.4. The molecule has 1 N–H and O–H groups in total. The highest BCUT2D eigenvalue weighted by Crippen LogP contribution is 2.26. The fourth-order valence-corrected chi connectivity index (χ4v) is 3.58. The van der Waals surface area contributed by atoms with Gasteiger partial charge < -0.3 is 10.1 Å². The molecule has 3 unspecified atom stereocenters. The molecule has 2 aliphatic heterocycles. The van der Waals surface area contributed by atoms with Crippen LogP contribution in [0.3, 0.4) is 0 Å². The van der Waals surface area contributed by atoms with Crippen LogP contribution in [0, 0.1) is 5.92 Å². The van der Waals surface area contributed by atoms with E-state index in [1.165, 1.54) is 25.7 Å². The summed E-state index contributed by atoms with van der Waals surface area (Å²) < 4.78 is 5.21. The molecule has 0 radical (unpaired) electrons. The maximum Gasteiger partial charge on any atom is 0.323 e. The van der Waals surface area contributed by atoms with Crippen LogP contribution in [-0.4, -0.2) is 49.2 Å². The van der Waals surface area contributed by atoms with Crippen LogP contribution >= 0.6 is 0 Å². The molecule has 4 heteroatoms. The van der Waals surface area contributed by atoms with Gasteiger partial charge in [0.25, 0.3) is 0 Å². The van der Waals surface area contributed by atoms with E-state index in [1.54, 1.807) is 0 Å². The molecular weight excluding hydrogens is 240 g/mol. The Morgan fingerprint density at radius 3 is 2.84 bits per heavy atom. The first-order chi connectivity index (χ1) is 9.26. The molecule has 0 saturated carbocycles. The van der Waals surface area contributed by atoms with Crippen LogP contribution in [-0.2, 0) is 9.53 Å². The van der Waals surface area contributed by atoms with E-state index in [-0.39, 0.29) is 12.0 Å². The summed E-state index contributed by atoms with van der Waals surface area (Å²) in [6.07, 6.45) is 5.96. The highest BCUT2D eigenvalue weighted by Gasteiger charge is 2.34. The van der Waals surface area contributed by atoms with Crippen LogP contribution in [0.2, 0.25) is 0 Å². The molecule has 0 bridgehead atoms. The molecule has 2 rings (SSSR count). The Hall–Kier alpha value is -0.610. The number of nitrogens with zero attached hydrogens (tertiary/aromatic N) is 1. The lowest BCUT2D eigenvalue weighted by atomic mass is 9.89. The predicted molar refractivity (Wildman–Crippen MR) is 76.0 cm³/mol. The number of hydrogen-bond acceptors (Lipinski definition) is 4. The van der Waals surface area contributed by atoms with Gasteiger partial charge in [0, 0.05) is 12.6 Å². The second kappa shape index (κ2) is 7.25. The molecule has 0 aromatic rings. The molecule has 0 aromatic carbocycles. The summed E-state index contributed by atoms with van der Waals surface area (Å²) in [5.41, 5.74) is 0. The molecule has 4 nitrogen and oxygen atoms in total. The summed E-state index contributed by atoms with van der Waals surface area (Å²) in [5.74, 6) is 0.671. The van der Waals surface area contributed by atoms with Gasteiger partial charge in [-0.15, -0.1) is 0 Å². The summed E-state index contributed by atoms with van der Waals surface area (Å²) >= 11 is 0. The SMILES string of the molecule is CCOC(=O)C(CC)N1CCCC(C2CCCN2)C1. The van der Waals surface area contributed by atoms with Crippen molar-refractivity contribution in [2.75, 3.05) is 26.2 Å². The van der Waals surface area contributed by atoms with Crippen molar-refractivity contribution in [3.63, 3.8) is 0 Å². The quantitative estimate of drug-likeness (QED) is 0.772. The minimum absolute atomic E-state index is 0.0370. The highest BCUT2D eigenvalue weighted by atomic mass is 16.5. The minimum atomic E-state index is -0.0378. The van der Waals surface area contributed by atoms with E-state index in [2.05, 4.69) is 17.1 Å². The van der Waals surface area contributed by atoms with Crippen LogP contribution in [0.15, 0.2) is 0 Å². The van der Waals surface area contributed by atoms with Crippen LogP contribution < -0.4 is 5.32 Å². The minimum Gasteiger partial charge on any atom is -0.465 e. The van der Waals surface area contributed by atoms with Gasteiger partial charge >= 0.3 is 5.97 Å². The number of likely N-dealkylation sites (tertiary alicyclic amines) is 1. The number of piperidine rings is 1. The molecule has 0 aromatic heterocycles. The van der Waals surface area contributed by atoms with Crippen molar-refractivity contribution in [2.24, 2.45) is 5.92 Å². The third-order valence-corrected chi connectivity index (χ3v) is 4.54. The van der Waals surface area contributed by atoms with Crippen molar-refractivity contribution in [1.82, 2.24) is 10.2 Å². The summed E-state index contributed by atoms with van der Waals surface area (Å²) in [4.78, 5) is 14.4. The Morgan fingerprint density at radius 2 is 2.21 bits per heavy atom. The number of ether oxygens (including phenoxy) is 1. The van der Waals surface area contributed by atoms with Crippen LogP contribution in [0.5, 0.6) is 0 Å². The topological polar surface area (TPSA) is 41.6 Å². The molecule has 2 saturated heterocycles. The molecule has 110 valence electrons. The molecule has 3 atom stereocenters. The molecule has 2 fully saturated rings. The van der Waals surface area contributed by atoms with Gasteiger partial charge in [0.1, 0.15) is 6.04 Å². The normalized spacial score (nSPS) is 30.2. The van der Waals surface area contributed by atoms with E-state index in [9.17, 15) is 4.79 Å². The predicted octanol–water partition coefficient (Wildman–Crippen LogP) is 1.79. The average molecular weight is 268 g/mol. The second-order valence-electron chi connectivity index (χ2n) is 5.78. The first-order valence-electron chi connectivity index (χ1n) is 7.90. The largest absolute Gasteiger partial charge is 0.465 e. The van der Waals surface area contributed by atoms with Crippen LogP contribution in [0.25, 0.3) is 0 Å². The van der Waals surface area contributed by atoms with Gasteiger partial charge in [-0.25, -0.2) is 0 Å². The van der Waals surface area contributed by atoms with Crippen LogP contribution in [0.1, 0.15) is 46.0 Å². The Labute approximate surface area is 116 Å². The van der Waals surface area contributed by atoms with E-state index in [1.807, 2.05) is 6.92 Å². The number of carbonyl (C=O) groups excluding carboxylic acids is 1. The molecule has 0 aliphatic carbocycles.